The number of esters is 1. The Morgan fingerprint density at radius 2 is 1.48 bits per heavy atom. The second-order valence-electron chi connectivity index (χ2n) is 4.69. The number of azo groups is 1. The van der Waals surface area contributed by atoms with Crippen LogP contribution in [0.15, 0.2) is 82.7 Å². The van der Waals surface area contributed by atoms with Gasteiger partial charge in [0.15, 0.2) is 5.54 Å². The molecule has 0 spiro atoms. The van der Waals surface area contributed by atoms with Gasteiger partial charge in [0, 0.05) is 0 Å². The standard InChI is InChI=1S/C17H14N2O2/c1-21-16(20)15-12-18-19-17(15,13-8-4-2-5-9-13)14-10-6-3-7-11-14/h2-12H,1H3. The Hall–Kier alpha value is -2.75. The molecule has 2 aromatic rings. The molecule has 1 aliphatic heterocycles. The fourth-order valence-electron chi connectivity index (χ4n) is 2.58. The number of carbonyl (C=O) groups is 1. The highest BCUT2D eigenvalue weighted by Gasteiger charge is 2.45. The zero-order valence-corrected chi connectivity index (χ0v) is 11.6. The van der Waals surface area contributed by atoms with Gasteiger partial charge in [-0.25, -0.2) is 4.79 Å². The predicted octanol–water partition coefficient (Wildman–Crippen LogP) is 3.45. The van der Waals surface area contributed by atoms with Crippen LogP contribution < -0.4 is 0 Å². The number of hydrogen-bond acceptors (Lipinski definition) is 4. The maximum absolute atomic E-state index is 12.2. The van der Waals surface area contributed by atoms with E-state index >= 15 is 0 Å². The number of benzene rings is 2. The van der Waals surface area contributed by atoms with Crippen molar-refractivity contribution in [1.29, 1.82) is 0 Å². The Morgan fingerprint density at radius 3 is 1.95 bits per heavy atom. The molecule has 0 radical (unpaired) electrons. The van der Waals surface area contributed by atoms with Gasteiger partial charge in [-0.1, -0.05) is 60.7 Å². The maximum atomic E-state index is 12.2. The second kappa shape index (κ2) is 5.32. The van der Waals surface area contributed by atoms with Crippen molar-refractivity contribution in [3.8, 4) is 0 Å². The molecule has 104 valence electrons. The van der Waals surface area contributed by atoms with Crippen molar-refractivity contribution >= 4 is 5.97 Å². The van der Waals surface area contributed by atoms with Crippen molar-refractivity contribution in [3.63, 3.8) is 0 Å². The van der Waals surface area contributed by atoms with Gasteiger partial charge < -0.3 is 4.74 Å². The fourth-order valence-corrected chi connectivity index (χ4v) is 2.58. The molecular formula is C17H14N2O2. The molecule has 0 fully saturated rings. The minimum atomic E-state index is -0.935. The summed E-state index contributed by atoms with van der Waals surface area (Å²) in [6, 6.07) is 19.3. The average Bonchev–Trinajstić information content (AvgIpc) is 3.02. The van der Waals surface area contributed by atoms with Gasteiger partial charge in [-0.15, -0.1) is 0 Å². The topological polar surface area (TPSA) is 51.0 Å². The Balaban J connectivity index is 2.25. The molecule has 0 bridgehead atoms. The van der Waals surface area contributed by atoms with E-state index in [1.54, 1.807) is 0 Å². The lowest BCUT2D eigenvalue weighted by Crippen LogP contribution is -2.30. The fraction of sp³-hybridized carbons (Fsp3) is 0.118. The molecule has 21 heavy (non-hydrogen) atoms. The van der Waals surface area contributed by atoms with Crippen molar-refractivity contribution in [1.82, 2.24) is 0 Å². The number of methoxy groups -OCH3 is 1. The highest BCUT2D eigenvalue weighted by atomic mass is 16.5. The molecule has 0 aliphatic carbocycles. The molecule has 1 aliphatic rings. The first-order valence-corrected chi connectivity index (χ1v) is 6.61. The normalized spacial score (nSPS) is 15.6. The van der Waals surface area contributed by atoms with Crippen LogP contribution in [-0.4, -0.2) is 13.1 Å². The van der Waals surface area contributed by atoms with Gasteiger partial charge in [0.25, 0.3) is 0 Å². The summed E-state index contributed by atoms with van der Waals surface area (Å²) >= 11 is 0. The van der Waals surface area contributed by atoms with Gasteiger partial charge in [-0.05, 0) is 11.1 Å². The highest BCUT2D eigenvalue weighted by Crippen LogP contribution is 2.44. The lowest BCUT2D eigenvalue weighted by atomic mass is 9.78. The van der Waals surface area contributed by atoms with Crippen molar-refractivity contribution in [2.24, 2.45) is 10.2 Å². The molecule has 0 amide bonds. The largest absolute Gasteiger partial charge is 0.466 e. The minimum Gasteiger partial charge on any atom is -0.466 e. The quantitative estimate of drug-likeness (QED) is 0.807. The maximum Gasteiger partial charge on any atom is 0.338 e. The summed E-state index contributed by atoms with van der Waals surface area (Å²) in [5.74, 6) is -0.423. The first-order chi connectivity index (χ1) is 10.3. The van der Waals surface area contributed by atoms with Gasteiger partial charge in [0.1, 0.15) is 0 Å². The first kappa shape index (κ1) is 13.2. The third-order valence-corrected chi connectivity index (χ3v) is 3.57. The number of carbonyl (C=O) groups excluding carboxylic acids is 1. The van der Waals surface area contributed by atoms with Crippen LogP contribution in [0.1, 0.15) is 11.1 Å². The van der Waals surface area contributed by atoms with Crippen molar-refractivity contribution in [2.45, 2.75) is 5.54 Å². The van der Waals surface area contributed by atoms with E-state index in [1.807, 2.05) is 60.7 Å². The van der Waals surface area contributed by atoms with E-state index < -0.39 is 11.5 Å². The molecule has 4 nitrogen and oxygen atoms in total. The molecule has 0 saturated heterocycles. The van der Waals surface area contributed by atoms with E-state index in [4.69, 9.17) is 4.74 Å². The van der Waals surface area contributed by atoms with Crippen LogP contribution in [0.2, 0.25) is 0 Å². The first-order valence-electron chi connectivity index (χ1n) is 6.61. The monoisotopic (exact) mass is 278 g/mol. The molecule has 2 aromatic carbocycles. The van der Waals surface area contributed by atoms with Crippen molar-refractivity contribution in [3.05, 3.63) is 83.6 Å². The van der Waals surface area contributed by atoms with Crippen LogP contribution in [0, 0.1) is 0 Å². The lowest BCUT2D eigenvalue weighted by molar-refractivity contribution is -0.136. The van der Waals surface area contributed by atoms with Crippen LogP contribution in [-0.2, 0) is 15.1 Å². The molecule has 0 atom stereocenters. The van der Waals surface area contributed by atoms with Gasteiger partial charge in [0.2, 0.25) is 0 Å². The zero-order valence-electron chi connectivity index (χ0n) is 11.6. The predicted molar refractivity (Wildman–Crippen MR) is 78.6 cm³/mol. The van der Waals surface area contributed by atoms with Gasteiger partial charge in [-0.3, -0.25) is 0 Å². The summed E-state index contributed by atoms with van der Waals surface area (Å²) in [5, 5.41) is 8.39. The lowest BCUT2D eigenvalue weighted by Gasteiger charge is -2.27. The van der Waals surface area contributed by atoms with Crippen molar-refractivity contribution in [2.75, 3.05) is 7.11 Å². The number of rotatable bonds is 3. The van der Waals surface area contributed by atoms with Crippen LogP contribution in [0.5, 0.6) is 0 Å². The average molecular weight is 278 g/mol. The van der Waals surface area contributed by atoms with E-state index in [0.717, 1.165) is 11.1 Å². The Morgan fingerprint density at radius 1 is 0.952 bits per heavy atom. The van der Waals surface area contributed by atoms with Gasteiger partial charge >= 0.3 is 5.97 Å². The molecule has 0 N–H and O–H groups in total. The summed E-state index contributed by atoms with van der Waals surface area (Å²) in [6.07, 6.45) is 1.48. The zero-order chi connectivity index (χ0) is 14.7. The van der Waals surface area contributed by atoms with E-state index in [9.17, 15) is 4.79 Å². The van der Waals surface area contributed by atoms with Gasteiger partial charge in [-0.2, -0.15) is 10.2 Å². The number of nitrogens with zero attached hydrogens (tertiary/aromatic N) is 2. The van der Waals surface area contributed by atoms with E-state index in [1.165, 1.54) is 13.3 Å². The van der Waals surface area contributed by atoms with Crippen LogP contribution in [0.25, 0.3) is 0 Å². The summed E-state index contributed by atoms with van der Waals surface area (Å²) in [6.45, 7) is 0. The van der Waals surface area contributed by atoms with E-state index in [0.29, 0.717) is 5.57 Å². The molecule has 4 heteroatoms. The summed E-state index contributed by atoms with van der Waals surface area (Å²) in [4.78, 5) is 12.2. The summed E-state index contributed by atoms with van der Waals surface area (Å²) in [7, 11) is 1.36. The molecule has 3 rings (SSSR count). The summed E-state index contributed by atoms with van der Waals surface area (Å²) < 4.78 is 4.91. The van der Waals surface area contributed by atoms with Crippen LogP contribution in [0.4, 0.5) is 0 Å². The SMILES string of the molecule is COC(=O)C1=CN=NC1(c1ccccc1)c1ccccc1. The third-order valence-electron chi connectivity index (χ3n) is 3.57. The highest BCUT2D eigenvalue weighted by molar-refractivity contribution is 5.93. The molecule has 0 aromatic heterocycles. The third kappa shape index (κ3) is 2.05. The van der Waals surface area contributed by atoms with Crippen molar-refractivity contribution < 1.29 is 9.53 Å². The Bertz CT molecular complexity index is 667. The number of ether oxygens (including phenoxy) is 1. The molecule has 0 unspecified atom stereocenters. The molecule has 0 saturated carbocycles. The van der Waals surface area contributed by atoms with E-state index in [-0.39, 0.29) is 0 Å². The Labute approximate surface area is 122 Å². The molecule has 1 heterocycles. The molecular weight excluding hydrogens is 264 g/mol. The van der Waals surface area contributed by atoms with Gasteiger partial charge in [0.05, 0.1) is 18.9 Å². The Kier molecular flexibility index (Phi) is 3.36. The smallest absolute Gasteiger partial charge is 0.338 e. The summed E-state index contributed by atoms with van der Waals surface area (Å²) in [5.41, 5.74) is 1.25. The van der Waals surface area contributed by atoms with Crippen LogP contribution >= 0.6 is 0 Å². The van der Waals surface area contributed by atoms with Crippen LogP contribution in [0.3, 0.4) is 0 Å². The second-order valence-corrected chi connectivity index (χ2v) is 4.69. The minimum absolute atomic E-state index is 0.419. The number of hydrogen-bond donors (Lipinski definition) is 0. The van der Waals surface area contributed by atoms with E-state index in [2.05, 4.69) is 10.2 Å².